The molecule has 2 aromatic carbocycles. The molecule has 2 N–H and O–H groups in total. The van der Waals surface area contributed by atoms with Crippen LogP contribution in [0.2, 0.25) is 0 Å². The van der Waals surface area contributed by atoms with Crippen LogP contribution in [0, 0.1) is 5.41 Å². The molecule has 138 valence electrons. The average molecular weight is 353 g/mol. The third-order valence-electron chi connectivity index (χ3n) is 3.92. The molecule has 0 saturated heterocycles. The second-order valence-corrected chi connectivity index (χ2v) is 7.18. The summed E-state index contributed by atoms with van der Waals surface area (Å²) in [5.74, 6) is -0.169. The van der Waals surface area contributed by atoms with Crippen LogP contribution in [-0.4, -0.2) is 24.9 Å². The van der Waals surface area contributed by atoms with E-state index in [-0.39, 0.29) is 18.4 Å². The molecule has 0 heterocycles. The zero-order valence-corrected chi connectivity index (χ0v) is 15.9. The van der Waals surface area contributed by atoms with E-state index in [0.29, 0.717) is 11.4 Å². The van der Waals surface area contributed by atoms with Crippen LogP contribution >= 0.6 is 0 Å². The molecule has 0 atom stereocenters. The standard InChI is InChI=1S/C21H27N3O2/c1-5-24(18-12-7-6-8-13-18)15-19(25)22-16-10-9-11-17(14-16)23-20(26)21(2,3)4/h6-14H,5,15H2,1-4H3,(H,22,25)(H,23,26). The highest BCUT2D eigenvalue weighted by atomic mass is 16.2. The normalized spacial score (nSPS) is 10.9. The zero-order chi connectivity index (χ0) is 19.2. The van der Waals surface area contributed by atoms with Crippen LogP contribution in [-0.2, 0) is 9.59 Å². The first-order valence-electron chi connectivity index (χ1n) is 8.81. The molecule has 0 aromatic heterocycles. The summed E-state index contributed by atoms with van der Waals surface area (Å²) in [4.78, 5) is 26.5. The monoisotopic (exact) mass is 353 g/mol. The van der Waals surface area contributed by atoms with Gasteiger partial charge in [0.1, 0.15) is 0 Å². The molecule has 2 amide bonds. The number of rotatable bonds is 6. The molecule has 0 radical (unpaired) electrons. The molecule has 0 aliphatic heterocycles. The summed E-state index contributed by atoms with van der Waals surface area (Å²) in [6, 6.07) is 17.0. The smallest absolute Gasteiger partial charge is 0.243 e. The van der Waals surface area contributed by atoms with Crippen LogP contribution < -0.4 is 15.5 Å². The van der Waals surface area contributed by atoms with Crippen molar-refractivity contribution in [3.05, 3.63) is 54.6 Å². The van der Waals surface area contributed by atoms with Crippen LogP contribution in [0.5, 0.6) is 0 Å². The average Bonchev–Trinajstić information content (AvgIpc) is 2.60. The van der Waals surface area contributed by atoms with Crippen molar-refractivity contribution >= 4 is 28.9 Å². The molecule has 0 fully saturated rings. The van der Waals surface area contributed by atoms with E-state index in [9.17, 15) is 9.59 Å². The first-order chi connectivity index (χ1) is 12.3. The molecular formula is C21H27N3O2. The summed E-state index contributed by atoms with van der Waals surface area (Å²) in [5.41, 5.74) is 1.86. The van der Waals surface area contributed by atoms with E-state index in [4.69, 9.17) is 0 Å². The minimum absolute atomic E-state index is 0.0674. The lowest BCUT2D eigenvalue weighted by Gasteiger charge is -2.22. The van der Waals surface area contributed by atoms with Gasteiger partial charge in [0, 0.05) is 29.0 Å². The fourth-order valence-electron chi connectivity index (χ4n) is 2.39. The van der Waals surface area contributed by atoms with Crippen LogP contribution in [0.4, 0.5) is 17.1 Å². The van der Waals surface area contributed by atoms with Gasteiger partial charge in [-0.25, -0.2) is 0 Å². The van der Waals surface area contributed by atoms with Gasteiger partial charge >= 0.3 is 0 Å². The van der Waals surface area contributed by atoms with Gasteiger partial charge in [-0.15, -0.1) is 0 Å². The van der Waals surface area contributed by atoms with Gasteiger partial charge in [-0.1, -0.05) is 45.0 Å². The minimum Gasteiger partial charge on any atom is -0.362 e. The largest absolute Gasteiger partial charge is 0.362 e. The summed E-state index contributed by atoms with van der Waals surface area (Å²) in [6.45, 7) is 8.59. The summed E-state index contributed by atoms with van der Waals surface area (Å²) >= 11 is 0. The number of amides is 2. The predicted molar refractivity (Wildman–Crippen MR) is 107 cm³/mol. The Bertz CT molecular complexity index is 751. The molecule has 2 rings (SSSR count). The second kappa shape index (κ2) is 8.52. The van der Waals surface area contributed by atoms with Crippen molar-refractivity contribution in [1.82, 2.24) is 0 Å². The Kier molecular flexibility index (Phi) is 6.39. The molecule has 0 spiro atoms. The lowest BCUT2D eigenvalue weighted by Crippen LogP contribution is -2.33. The van der Waals surface area contributed by atoms with Gasteiger partial charge in [-0.3, -0.25) is 9.59 Å². The number of carbonyl (C=O) groups excluding carboxylic acids is 2. The number of nitrogens with zero attached hydrogens (tertiary/aromatic N) is 1. The molecule has 5 nitrogen and oxygen atoms in total. The van der Waals surface area contributed by atoms with Crippen LogP contribution in [0.25, 0.3) is 0 Å². The van der Waals surface area contributed by atoms with Crippen LogP contribution in [0.1, 0.15) is 27.7 Å². The van der Waals surface area contributed by atoms with Gasteiger partial charge in [-0.2, -0.15) is 0 Å². The molecular weight excluding hydrogens is 326 g/mol. The van der Waals surface area contributed by atoms with Gasteiger partial charge in [0.25, 0.3) is 0 Å². The van der Waals surface area contributed by atoms with Gasteiger partial charge in [0.15, 0.2) is 0 Å². The van der Waals surface area contributed by atoms with E-state index in [1.54, 1.807) is 6.07 Å². The van der Waals surface area contributed by atoms with E-state index >= 15 is 0 Å². The molecule has 0 saturated carbocycles. The maximum atomic E-state index is 12.4. The molecule has 26 heavy (non-hydrogen) atoms. The number of carbonyl (C=O) groups is 2. The SMILES string of the molecule is CCN(CC(=O)Nc1cccc(NC(=O)C(C)(C)C)c1)c1ccccc1. The molecule has 0 aliphatic carbocycles. The first kappa shape index (κ1) is 19.5. The number of likely N-dealkylation sites (N-methyl/N-ethyl adjacent to an activating group) is 1. The Morgan fingerprint density at radius 3 is 2.12 bits per heavy atom. The Morgan fingerprint density at radius 1 is 0.923 bits per heavy atom. The lowest BCUT2D eigenvalue weighted by molar-refractivity contribution is -0.123. The number of benzene rings is 2. The summed E-state index contributed by atoms with van der Waals surface area (Å²) < 4.78 is 0. The Morgan fingerprint density at radius 2 is 1.54 bits per heavy atom. The maximum absolute atomic E-state index is 12.4. The van der Waals surface area contributed by atoms with E-state index in [1.165, 1.54) is 0 Å². The van der Waals surface area contributed by atoms with Crippen molar-refractivity contribution < 1.29 is 9.59 Å². The van der Waals surface area contributed by atoms with Crippen molar-refractivity contribution in [1.29, 1.82) is 0 Å². The number of hydrogen-bond acceptors (Lipinski definition) is 3. The molecule has 0 bridgehead atoms. The molecule has 2 aromatic rings. The summed E-state index contributed by atoms with van der Waals surface area (Å²) in [7, 11) is 0. The topological polar surface area (TPSA) is 61.4 Å². The quantitative estimate of drug-likeness (QED) is 0.820. The second-order valence-electron chi connectivity index (χ2n) is 7.18. The molecule has 0 unspecified atom stereocenters. The maximum Gasteiger partial charge on any atom is 0.243 e. The van der Waals surface area contributed by atoms with Gasteiger partial charge < -0.3 is 15.5 Å². The predicted octanol–water partition coefficient (Wildman–Crippen LogP) is 4.14. The highest BCUT2D eigenvalue weighted by Gasteiger charge is 2.21. The summed E-state index contributed by atoms with van der Waals surface area (Å²) in [6.07, 6.45) is 0. The first-order valence-corrected chi connectivity index (χ1v) is 8.81. The van der Waals surface area contributed by atoms with Gasteiger partial charge in [0.05, 0.1) is 6.54 Å². The number of nitrogens with one attached hydrogen (secondary N) is 2. The van der Waals surface area contributed by atoms with Crippen LogP contribution in [0.3, 0.4) is 0 Å². The highest BCUT2D eigenvalue weighted by molar-refractivity contribution is 5.97. The Labute approximate surface area is 155 Å². The van der Waals surface area contributed by atoms with E-state index in [2.05, 4.69) is 10.6 Å². The van der Waals surface area contributed by atoms with Gasteiger partial charge in [0.2, 0.25) is 11.8 Å². The van der Waals surface area contributed by atoms with Crippen LogP contribution in [0.15, 0.2) is 54.6 Å². The fourth-order valence-corrected chi connectivity index (χ4v) is 2.39. The number of hydrogen-bond donors (Lipinski definition) is 2. The van der Waals surface area contributed by atoms with E-state index in [0.717, 1.165) is 12.2 Å². The van der Waals surface area contributed by atoms with E-state index in [1.807, 2.05) is 81.1 Å². The number of para-hydroxylation sites is 1. The zero-order valence-electron chi connectivity index (χ0n) is 15.9. The lowest BCUT2D eigenvalue weighted by atomic mass is 9.95. The van der Waals surface area contributed by atoms with Crippen molar-refractivity contribution in [3.63, 3.8) is 0 Å². The van der Waals surface area contributed by atoms with Crippen molar-refractivity contribution in [2.45, 2.75) is 27.7 Å². The summed E-state index contributed by atoms with van der Waals surface area (Å²) in [5, 5.41) is 5.77. The Balaban J connectivity index is 2.00. The van der Waals surface area contributed by atoms with Crippen molar-refractivity contribution in [3.8, 4) is 0 Å². The molecule has 5 heteroatoms. The molecule has 0 aliphatic rings. The fraction of sp³-hybridized carbons (Fsp3) is 0.333. The highest BCUT2D eigenvalue weighted by Crippen LogP contribution is 2.20. The van der Waals surface area contributed by atoms with Crippen molar-refractivity contribution in [2.24, 2.45) is 5.41 Å². The minimum atomic E-state index is -0.476. The van der Waals surface area contributed by atoms with Crippen molar-refractivity contribution in [2.75, 3.05) is 28.6 Å². The van der Waals surface area contributed by atoms with Gasteiger partial charge in [-0.05, 0) is 37.3 Å². The number of anilines is 3. The third-order valence-corrected chi connectivity index (χ3v) is 3.92. The van der Waals surface area contributed by atoms with E-state index < -0.39 is 5.41 Å². The third kappa shape index (κ3) is 5.62. The Hall–Kier alpha value is -2.82.